The first kappa shape index (κ1) is 15.1. The Morgan fingerprint density at radius 3 is 2.90 bits per heavy atom. The number of hydrogen-bond donors (Lipinski definition) is 1. The lowest BCUT2D eigenvalue weighted by Crippen LogP contribution is -2.03. The van der Waals surface area contributed by atoms with Gasteiger partial charge < -0.3 is 9.67 Å². The van der Waals surface area contributed by atoms with E-state index in [1.54, 1.807) is 18.5 Å². The van der Waals surface area contributed by atoms with Crippen molar-refractivity contribution in [2.75, 3.05) is 0 Å². The molecule has 1 heterocycles. The van der Waals surface area contributed by atoms with Gasteiger partial charge in [-0.25, -0.2) is 9.78 Å². The molecular formula is C14H15BrN2O2S. The number of carboxylic acids is 1. The molecule has 2 rings (SSSR count). The Balaban J connectivity index is 2.20. The monoisotopic (exact) mass is 354 g/mol. The number of nitrogens with zero attached hydrogens (tertiary/aromatic N) is 2. The molecule has 0 aliphatic heterocycles. The third-order valence-corrected chi connectivity index (χ3v) is 4.43. The molecule has 0 spiro atoms. The van der Waals surface area contributed by atoms with Gasteiger partial charge in [0.25, 0.3) is 0 Å². The van der Waals surface area contributed by atoms with Gasteiger partial charge in [-0.3, -0.25) is 0 Å². The molecule has 0 aliphatic rings. The second-order valence-corrected chi connectivity index (χ2v) is 6.55. The molecule has 0 saturated heterocycles. The van der Waals surface area contributed by atoms with Gasteiger partial charge in [-0.05, 0) is 32.0 Å². The molecule has 0 amide bonds. The third-order valence-electron chi connectivity index (χ3n) is 2.85. The zero-order valence-corrected chi connectivity index (χ0v) is 13.6. The molecule has 0 atom stereocenters. The number of hydrogen-bond acceptors (Lipinski definition) is 3. The SMILES string of the molecule is CC(C)n1cncc1CSc1cc(Br)ccc1C(=O)O. The Morgan fingerprint density at radius 2 is 2.25 bits per heavy atom. The lowest BCUT2D eigenvalue weighted by Gasteiger charge is -2.12. The predicted octanol–water partition coefficient (Wildman–Crippen LogP) is 4.22. The van der Waals surface area contributed by atoms with Crippen molar-refractivity contribution in [3.8, 4) is 0 Å². The van der Waals surface area contributed by atoms with E-state index in [1.807, 2.05) is 12.3 Å². The summed E-state index contributed by atoms with van der Waals surface area (Å²) >= 11 is 4.89. The van der Waals surface area contributed by atoms with E-state index < -0.39 is 5.97 Å². The minimum atomic E-state index is -0.905. The maximum Gasteiger partial charge on any atom is 0.336 e. The minimum Gasteiger partial charge on any atom is -0.478 e. The number of benzene rings is 1. The largest absolute Gasteiger partial charge is 0.478 e. The van der Waals surface area contributed by atoms with Crippen LogP contribution in [-0.4, -0.2) is 20.6 Å². The van der Waals surface area contributed by atoms with Gasteiger partial charge in [0.15, 0.2) is 0 Å². The quantitative estimate of drug-likeness (QED) is 0.816. The highest BCUT2D eigenvalue weighted by Crippen LogP contribution is 2.29. The normalized spacial score (nSPS) is 11.0. The number of rotatable bonds is 5. The molecule has 0 unspecified atom stereocenters. The smallest absolute Gasteiger partial charge is 0.336 e. The molecule has 6 heteroatoms. The average molecular weight is 355 g/mol. The molecule has 4 nitrogen and oxygen atoms in total. The Kier molecular flexibility index (Phi) is 4.88. The number of imidazole rings is 1. The fourth-order valence-electron chi connectivity index (χ4n) is 1.85. The molecule has 0 saturated carbocycles. The Hall–Kier alpha value is -1.27. The first-order valence-electron chi connectivity index (χ1n) is 6.15. The van der Waals surface area contributed by atoms with Gasteiger partial charge in [0.05, 0.1) is 11.9 Å². The number of carbonyl (C=O) groups is 1. The Labute approximate surface area is 130 Å². The van der Waals surface area contributed by atoms with E-state index in [-0.39, 0.29) is 0 Å². The van der Waals surface area contributed by atoms with Crippen LogP contribution in [0.4, 0.5) is 0 Å². The summed E-state index contributed by atoms with van der Waals surface area (Å²) in [6.07, 6.45) is 3.63. The topological polar surface area (TPSA) is 55.1 Å². The zero-order valence-electron chi connectivity index (χ0n) is 11.2. The van der Waals surface area contributed by atoms with Crippen molar-refractivity contribution in [3.63, 3.8) is 0 Å². The van der Waals surface area contributed by atoms with Crippen LogP contribution in [0, 0.1) is 0 Å². The molecule has 2 aromatic rings. The van der Waals surface area contributed by atoms with Crippen molar-refractivity contribution >= 4 is 33.7 Å². The van der Waals surface area contributed by atoms with Gasteiger partial charge in [0.2, 0.25) is 0 Å². The van der Waals surface area contributed by atoms with Gasteiger partial charge in [-0.15, -0.1) is 11.8 Å². The number of aromatic carboxylic acids is 1. The molecule has 0 bridgehead atoms. The maximum atomic E-state index is 11.2. The highest BCUT2D eigenvalue weighted by atomic mass is 79.9. The van der Waals surface area contributed by atoms with Crippen molar-refractivity contribution in [2.24, 2.45) is 0 Å². The number of carboxylic acid groups (broad SMARTS) is 1. The molecule has 106 valence electrons. The predicted molar refractivity (Wildman–Crippen MR) is 83.3 cm³/mol. The molecular weight excluding hydrogens is 340 g/mol. The summed E-state index contributed by atoms with van der Waals surface area (Å²) in [6.45, 7) is 4.19. The van der Waals surface area contributed by atoms with Crippen LogP contribution >= 0.6 is 27.7 Å². The van der Waals surface area contributed by atoms with E-state index in [2.05, 4.69) is 39.3 Å². The average Bonchev–Trinajstić information content (AvgIpc) is 2.84. The van der Waals surface area contributed by atoms with Crippen molar-refractivity contribution in [1.82, 2.24) is 9.55 Å². The molecule has 0 aliphatic carbocycles. The Morgan fingerprint density at radius 1 is 1.50 bits per heavy atom. The summed E-state index contributed by atoms with van der Waals surface area (Å²) in [5.41, 5.74) is 1.41. The van der Waals surface area contributed by atoms with Crippen LogP contribution in [0.3, 0.4) is 0 Å². The van der Waals surface area contributed by atoms with Crippen molar-refractivity contribution < 1.29 is 9.90 Å². The van der Waals surface area contributed by atoms with Crippen LogP contribution in [0.2, 0.25) is 0 Å². The number of halogens is 1. The van der Waals surface area contributed by atoms with Gasteiger partial charge in [-0.2, -0.15) is 0 Å². The van der Waals surface area contributed by atoms with Crippen LogP contribution in [0.5, 0.6) is 0 Å². The van der Waals surface area contributed by atoms with Crippen LogP contribution in [-0.2, 0) is 5.75 Å². The van der Waals surface area contributed by atoms with E-state index in [0.717, 1.165) is 15.1 Å². The standard InChI is InChI=1S/C14H15BrN2O2S/c1-9(2)17-8-16-6-11(17)7-20-13-5-10(15)3-4-12(13)14(18)19/h3-6,8-9H,7H2,1-2H3,(H,18,19). The Bertz CT molecular complexity index is 625. The third kappa shape index (κ3) is 3.43. The summed E-state index contributed by atoms with van der Waals surface area (Å²) in [7, 11) is 0. The van der Waals surface area contributed by atoms with Crippen molar-refractivity contribution in [2.45, 2.75) is 30.5 Å². The highest BCUT2D eigenvalue weighted by Gasteiger charge is 2.12. The number of aromatic nitrogens is 2. The lowest BCUT2D eigenvalue weighted by molar-refractivity contribution is 0.0693. The number of thioether (sulfide) groups is 1. The van der Waals surface area contributed by atoms with Crippen LogP contribution < -0.4 is 0 Å². The summed E-state index contributed by atoms with van der Waals surface area (Å²) in [5.74, 6) is -0.216. The molecule has 0 radical (unpaired) electrons. The van der Waals surface area contributed by atoms with E-state index in [9.17, 15) is 9.90 Å². The summed E-state index contributed by atoms with van der Waals surface area (Å²) in [4.78, 5) is 16.1. The van der Waals surface area contributed by atoms with Crippen LogP contribution in [0.15, 0.2) is 40.1 Å². The van der Waals surface area contributed by atoms with E-state index in [1.165, 1.54) is 11.8 Å². The van der Waals surface area contributed by atoms with E-state index in [4.69, 9.17) is 0 Å². The van der Waals surface area contributed by atoms with E-state index in [0.29, 0.717) is 17.4 Å². The summed E-state index contributed by atoms with van der Waals surface area (Å²) in [5, 5.41) is 9.21. The second-order valence-electron chi connectivity index (χ2n) is 4.62. The lowest BCUT2D eigenvalue weighted by atomic mass is 10.2. The first-order valence-corrected chi connectivity index (χ1v) is 7.93. The van der Waals surface area contributed by atoms with Gasteiger partial charge in [-0.1, -0.05) is 15.9 Å². The molecule has 0 fully saturated rings. The molecule has 1 aromatic carbocycles. The van der Waals surface area contributed by atoms with Crippen LogP contribution in [0.25, 0.3) is 0 Å². The fourth-order valence-corrected chi connectivity index (χ4v) is 3.41. The summed E-state index contributed by atoms with van der Waals surface area (Å²) < 4.78 is 2.97. The van der Waals surface area contributed by atoms with Crippen LogP contribution in [0.1, 0.15) is 35.9 Å². The molecule has 20 heavy (non-hydrogen) atoms. The first-order chi connectivity index (χ1) is 9.49. The maximum absolute atomic E-state index is 11.2. The summed E-state index contributed by atoms with van der Waals surface area (Å²) in [6, 6.07) is 5.54. The van der Waals surface area contributed by atoms with Crippen molar-refractivity contribution in [3.05, 3.63) is 46.5 Å². The van der Waals surface area contributed by atoms with E-state index >= 15 is 0 Å². The highest BCUT2D eigenvalue weighted by molar-refractivity contribution is 9.10. The zero-order chi connectivity index (χ0) is 14.7. The minimum absolute atomic E-state index is 0.328. The van der Waals surface area contributed by atoms with Gasteiger partial charge >= 0.3 is 5.97 Å². The van der Waals surface area contributed by atoms with Crippen molar-refractivity contribution in [1.29, 1.82) is 0 Å². The fraction of sp³-hybridized carbons (Fsp3) is 0.286. The molecule has 1 N–H and O–H groups in total. The second kappa shape index (κ2) is 6.45. The van der Waals surface area contributed by atoms with Gasteiger partial charge in [0, 0.05) is 33.1 Å². The van der Waals surface area contributed by atoms with Gasteiger partial charge in [0.1, 0.15) is 0 Å². The molecule has 1 aromatic heterocycles.